The second kappa shape index (κ2) is 8.40. The van der Waals surface area contributed by atoms with Gasteiger partial charge in [-0.25, -0.2) is 4.98 Å². The number of nitriles is 1. The zero-order valence-corrected chi connectivity index (χ0v) is 14.6. The first-order valence-corrected chi connectivity index (χ1v) is 8.57. The van der Waals surface area contributed by atoms with E-state index >= 15 is 0 Å². The molecule has 1 saturated heterocycles. The molecule has 2 aromatic rings. The SMILES string of the molecule is Cc1nnc(-c2ccc(NCCNCC(=O)N3CCCC3C#N)nc2)o1. The van der Waals surface area contributed by atoms with Gasteiger partial charge in [-0.15, -0.1) is 10.2 Å². The molecule has 2 aromatic heterocycles. The molecule has 0 spiro atoms. The maximum absolute atomic E-state index is 12.1. The third-order valence-corrected chi connectivity index (χ3v) is 4.14. The highest BCUT2D eigenvalue weighted by Gasteiger charge is 2.27. The van der Waals surface area contributed by atoms with E-state index in [1.165, 1.54) is 0 Å². The lowest BCUT2D eigenvalue weighted by atomic mass is 10.2. The van der Waals surface area contributed by atoms with Crippen LogP contribution in [0.4, 0.5) is 5.82 Å². The second-order valence-corrected chi connectivity index (χ2v) is 6.04. The van der Waals surface area contributed by atoms with Crippen LogP contribution in [0.15, 0.2) is 22.7 Å². The van der Waals surface area contributed by atoms with E-state index in [0.29, 0.717) is 31.4 Å². The Labute approximate surface area is 151 Å². The molecule has 0 radical (unpaired) electrons. The zero-order valence-electron chi connectivity index (χ0n) is 14.6. The number of hydrogen-bond donors (Lipinski definition) is 2. The number of amides is 1. The third kappa shape index (κ3) is 4.34. The van der Waals surface area contributed by atoms with E-state index < -0.39 is 0 Å². The van der Waals surface area contributed by atoms with Crippen LogP contribution in [0, 0.1) is 18.3 Å². The molecule has 9 heteroatoms. The van der Waals surface area contributed by atoms with Gasteiger partial charge >= 0.3 is 0 Å². The number of carbonyl (C=O) groups is 1. The summed E-state index contributed by atoms with van der Waals surface area (Å²) in [5.74, 6) is 1.66. The maximum atomic E-state index is 12.1. The van der Waals surface area contributed by atoms with Crippen molar-refractivity contribution in [2.75, 3.05) is 31.5 Å². The van der Waals surface area contributed by atoms with Gasteiger partial charge in [0.2, 0.25) is 17.7 Å². The Morgan fingerprint density at radius 3 is 3.00 bits per heavy atom. The number of likely N-dealkylation sites (tertiary alicyclic amines) is 1. The van der Waals surface area contributed by atoms with Crippen molar-refractivity contribution in [1.29, 1.82) is 5.26 Å². The normalized spacial score (nSPS) is 16.5. The van der Waals surface area contributed by atoms with Crippen LogP contribution in [-0.2, 0) is 4.79 Å². The molecule has 1 aliphatic rings. The minimum Gasteiger partial charge on any atom is -0.421 e. The first kappa shape index (κ1) is 17.8. The predicted molar refractivity (Wildman–Crippen MR) is 94.0 cm³/mol. The van der Waals surface area contributed by atoms with E-state index in [1.807, 2.05) is 12.1 Å². The molecule has 9 nitrogen and oxygen atoms in total. The molecule has 0 aliphatic carbocycles. The molecular formula is C17H21N7O2. The van der Waals surface area contributed by atoms with E-state index in [2.05, 4.69) is 31.9 Å². The van der Waals surface area contributed by atoms with Gasteiger partial charge in [-0.05, 0) is 25.0 Å². The van der Waals surface area contributed by atoms with Crippen LogP contribution in [-0.4, -0.2) is 58.2 Å². The van der Waals surface area contributed by atoms with Gasteiger partial charge in [-0.3, -0.25) is 4.79 Å². The summed E-state index contributed by atoms with van der Waals surface area (Å²) in [6.07, 6.45) is 3.34. The Hall–Kier alpha value is -2.99. The van der Waals surface area contributed by atoms with Crippen molar-refractivity contribution < 1.29 is 9.21 Å². The van der Waals surface area contributed by atoms with Crippen molar-refractivity contribution >= 4 is 11.7 Å². The van der Waals surface area contributed by atoms with Gasteiger partial charge in [0.05, 0.1) is 18.2 Å². The fraction of sp³-hybridized carbons (Fsp3) is 0.471. The van der Waals surface area contributed by atoms with Gasteiger partial charge in [-0.1, -0.05) is 0 Å². The second-order valence-electron chi connectivity index (χ2n) is 6.04. The number of aryl methyl sites for hydroxylation is 1. The number of carbonyl (C=O) groups excluding carboxylic acids is 1. The summed E-state index contributed by atoms with van der Waals surface area (Å²) < 4.78 is 5.35. The number of anilines is 1. The van der Waals surface area contributed by atoms with Crippen molar-refractivity contribution in [2.45, 2.75) is 25.8 Å². The summed E-state index contributed by atoms with van der Waals surface area (Å²) >= 11 is 0. The summed E-state index contributed by atoms with van der Waals surface area (Å²) in [7, 11) is 0. The fourth-order valence-electron chi connectivity index (χ4n) is 2.81. The standard InChI is InChI=1S/C17H21N7O2/c1-12-22-23-17(26-12)13-4-5-15(21-10-13)20-7-6-19-11-16(25)24-8-2-3-14(24)9-18/h4-5,10,14,19H,2-3,6-8,11H2,1H3,(H,20,21). The molecule has 3 rings (SSSR count). The highest BCUT2D eigenvalue weighted by Crippen LogP contribution is 2.18. The molecule has 1 atom stereocenters. The quantitative estimate of drug-likeness (QED) is 0.705. The summed E-state index contributed by atoms with van der Waals surface area (Å²) in [5.41, 5.74) is 0.762. The van der Waals surface area contributed by atoms with Crippen molar-refractivity contribution in [3.63, 3.8) is 0 Å². The van der Waals surface area contributed by atoms with Crippen LogP contribution in [0.5, 0.6) is 0 Å². The van der Waals surface area contributed by atoms with E-state index in [-0.39, 0.29) is 18.5 Å². The number of rotatable bonds is 7. The minimum absolute atomic E-state index is 0.0219. The molecule has 0 bridgehead atoms. The van der Waals surface area contributed by atoms with E-state index in [0.717, 1.165) is 24.2 Å². The van der Waals surface area contributed by atoms with Crippen LogP contribution >= 0.6 is 0 Å². The number of hydrogen-bond acceptors (Lipinski definition) is 8. The summed E-state index contributed by atoms with van der Waals surface area (Å²) in [5, 5.41) is 23.0. The van der Waals surface area contributed by atoms with E-state index in [9.17, 15) is 4.79 Å². The fourth-order valence-corrected chi connectivity index (χ4v) is 2.81. The van der Waals surface area contributed by atoms with Crippen molar-refractivity contribution in [2.24, 2.45) is 0 Å². The van der Waals surface area contributed by atoms with Crippen molar-refractivity contribution in [1.82, 2.24) is 25.4 Å². The lowest BCUT2D eigenvalue weighted by Gasteiger charge is -2.19. The number of nitrogens with zero attached hydrogens (tertiary/aromatic N) is 5. The van der Waals surface area contributed by atoms with Crippen LogP contribution in [0.3, 0.4) is 0 Å². The van der Waals surface area contributed by atoms with Crippen molar-refractivity contribution in [3.8, 4) is 17.5 Å². The van der Waals surface area contributed by atoms with Crippen LogP contribution < -0.4 is 10.6 Å². The van der Waals surface area contributed by atoms with Gasteiger partial charge in [0, 0.05) is 32.8 Å². The van der Waals surface area contributed by atoms with Gasteiger partial charge in [-0.2, -0.15) is 5.26 Å². The van der Waals surface area contributed by atoms with E-state index in [1.54, 1.807) is 18.0 Å². The summed E-state index contributed by atoms with van der Waals surface area (Å²) in [6.45, 7) is 3.89. The van der Waals surface area contributed by atoms with Crippen LogP contribution in [0.1, 0.15) is 18.7 Å². The zero-order chi connectivity index (χ0) is 18.4. The first-order valence-electron chi connectivity index (χ1n) is 8.57. The van der Waals surface area contributed by atoms with Gasteiger partial charge in [0.15, 0.2) is 0 Å². The van der Waals surface area contributed by atoms with Gasteiger partial charge < -0.3 is 20.0 Å². The molecule has 26 heavy (non-hydrogen) atoms. The number of nitrogens with one attached hydrogen (secondary N) is 2. The molecule has 3 heterocycles. The highest BCUT2D eigenvalue weighted by atomic mass is 16.4. The predicted octanol–water partition coefficient (Wildman–Crippen LogP) is 0.956. The lowest BCUT2D eigenvalue weighted by Crippen LogP contribution is -2.41. The lowest BCUT2D eigenvalue weighted by molar-refractivity contribution is -0.130. The average Bonchev–Trinajstić information content (AvgIpc) is 3.30. The summed E-state index contributed by atoms with van der Waals surface area (Å²) in [6, 6.07) is 5.60. The average molecular weight is 355 g/mol. The third-order valence-electron chi connectivity index (χ3n) is 4.14. The molecule has 1 unspecified atom stereocenters. The largest absolute Gasteiger partial charge is 0.421 e. The Morgan fingerprint density at radius 2 is 2.31 bits per heavy atom. The molecule has 1 fully saturated rings. The topological polar surface area (TPSA) is 120 Å². The molecule has 0 saturated carbocycles. The smallest absolute Gasteiger partial charge is 0.249 e. The Bertz CT molecular complexity index is 781. The maximum Gasteiger partial charge on any atom is 0.249 e. The minimum atomic E-state index is -0.271. The molecule has 136 valence electrons. The van der Waals surface area contributed by atoms with E-state index in [4.69, 9.17) is 9.68 Å². The Morgan fingerprint density at radius 1 is 1.42 bits per heavy atom. The Balaban J connectivity index is 1.37. The first-order chi connectivity index (χ1) is 12.7. The van der Waals surface area contributed by atoms with Crippen LogP contribution in [0.2, 0.25) is 0 Å². The number of aromatic nitrogens is 3. The van der Waals surface area contributed by atoms with Gasteiger partial charge in [0.1, 0.15) is 11.9 Å². The van der Waals surface area contributed by atoms with Crippen molar-refractivity contribution in [3.05, 3.63) is 24.2 Å². The monoisotopic (exact) mass is 355 g/mol. The molecule has 1 aliphatic heterocycles. The Kier molecular flexibility index (Phi) is 5.76. The molecule has 1 amide bonds. The molecule has 0 aromatic carbocycles. The highest BCUT2D eigenvalue weighted by molar-refractivity contribution is 5.79. The summed E-state index contributed by atoms with van der Waals surface area (Å²) in [4.78, 5) is 18.0. The molecular weight excluding hydrogens is 334 g/mol. The van der Waals surface area contributed by atoms with Gasteiger partial charge in [0.25, 0.3) is 0 Å². The van der Waals surface area contributed by atoms with Crippen LogP contribution in [0.25, 0.3) is 11.5 Å². The molecule has 2 N–H and O–H groups in total. The number of pyridine rings is 1.